The van der Waals surface area contributed by atoms with Crippen LogP contribution in [0.25, 0.3) is 10.8 Å². The summed E-state index contributed by atoms with van der Waals surface area (Å²) in [5.41, 5.74) is 6.71. The first-order chi connectivity index (χ1) is 16.4. The first-order valence-electron chi connectivity index (χ1n) is 11.2. The van der Waals surface area contributed by atoms with Crippen LogP contribution in [-0.2, 0) is 16.0 Å². The van der Waals surface area contributed by atoms with Crippen molar-refractivity contribution in [2.24, 2.45) is 5.73 Å². The predicted octanol–water partition coefficient (Wildman–Crippen LogP) is 1.54. The summed E-state index contributed by atoms with van der Waals surface area (Å²) in [4.78, 5) is 38.1. The summed E-state index contributed by atoms with van der Waals surface area (Å²) in [6, 6.07) is 20.5. The number of carbonyl (C=O) groups excluding carboxylic acids is 3. The fourth-order valence-corrected chi connectivity index (χ4v) is 3.47. The molecule has 0 aliphatic carbocycles. The zero-order valence-corrected chi connectivity index (χ0v) is 20.3. The molecule has 6 N–H and O–H groups in total. The van der Waals surface area contributed by atoms with Crippen molar-refractivity contribution in [3.63, 3.8) is 0 Å². The smallest absolute Gasteiger partial charge is 0.251 e. The maximum Gasteiger partial charge on any atom is 0.251 e. The van der Waals surface area contributed by atoms with Crippen LogP contribution in [0.4, 0.5) is 0 Å². The van der Waals surface area contributed by atoms with Gasteiger partial charge < -0.3 is 26.8 Å². The Balaban J connectivity index is 0.00000432. The van der Waals surface area contributed by atoms with Crippen molar-refractivity contribution in [2.75, 3.05) is 13.1 Å². The summed E-state index contributed by atoms with van der Waals surface area (Å²) in [5, 5.41) is 19.8. The number of nitrogens with one attached hydrogen (secondary N) is 3. The van der Waals surface area contributed by atoms with Gasteiger partial charge in [0.05, 0.1) is 6.10 Å². The quantitative estimate of drug-likeness (QED) is 0.289. The van der Waals surface area contributed by atoms with E-state index in [-0.39, 0.29) is 37.8 Å². The second-order valence-electron chi connectivity index (χ2n) is 8.14. The normalized spacial score (nSPS) is 13.1. The number of benzene rings is 3. The summed E-state index contributed by atoms with van der Waals surface area (Å²) in [6.45, 7) is 1.53. The summed E-state index contributed by atoms with van der Waals surface area (Å²) >= 11 is 0. The molecule has 0 saturated carbocycles. The van der Waals surface area contributed by atoms with Gasteiger partial charge in [0.25, 0.3) is 5.91 Å². The Kier molecular flexibility index (Phi) is 10.7. The van der Waals surface area contributed by atoms with Gasteiger partial charge in [0.2, 0.25) is 11.8 Å². The topological polar surface area (TPSA) is 134 Å². The number of aliphatic hydroxyl groups is 1. The van der Waals surface area contributed by atoms with Gasteiger partial charge in [0, 0.05) is 25.1 Å². The van der Waals surface area contributed by atoms with Crippen molar-refractivity contribution in [1.29, 1.82) is 0 Å². The van der Waals surface area contributed by atoms with Gasteiger partial charge >= 0.3 is 0 Å². The van der Waals surface area contributed by atoms with Crippen LogP contribution < -0.4 is 21.7 Å². The van der Waals surface area contributed by atoms with Gasteiger partial charge in [0.15, 0.2) is 0 Å². The summed E-state index contributed by atoms with van der Waals surface area (Å²) in [7, 11) is 0. The fraction of sp³-hybridized carbons (Fsp3) is 0.269. The van der Waals surface area contributed by atoms with E-state index in [1.54, 1.807) is 37.3 Å². The second-order valence-corrected chi connectivity index (χ2v) is 8.14. The van der Waals surface area contributed by atoms with Crippen molar-refractivity contribution >= 4 is 40.9 Å². The highest BCUT2D eigenvalue weighted by Gasteiger charge is 2.25. The zero-order chi connectivity index (χ0) is 24.5. The third-order valence-electron chi connectivity index (χ3n) is 5.45. The Morgan fingerprint density at radius 2 is 1.54 bits per heavy atom. The maximum atomic E-state index is 12.9. The molecule has 0 saturated heterocycles. The molecule has 3 aromatic carbocycles. The van der Waals surface area contributed by atoms with Crippen molar-refractivity contribution < 1.29 is 19.5 Å². The van der Waals surface area contributed by atoms with Gasteiger partial charge in [-0.2, -0.15) is 0 Å². The lowest BCUT2D eigenvalue weighted by atomic mass is 10.0. The van der Waals surface area contributed by atoms with Gasteiger partial charge in [-0.1, -0.05) is 60.7 Å². The van der Waals surface area contributed by atoms with Crippen LogP contribution in [-0.4, -0.2) is 54.1 Å². The van der Waals surface area contributed by atoms with Gasteiger partial charge in [-0.05, 0) is 35.4 Å². The molecule has 0 fully saturated rings. The molecule has 1 unspecified atom stereocenters. The third kappa shape index (κ3) is 8.06. The molecule has 3 aromatic rings. The minimum atomic E-state index is -0.908. The highest BCUT2D eigenvalue weighted by molar-refractivity contribution is 5.98. The monoisotopic (exact) mass is 498 g/mol. The van der Waals surface area contributed by atoms with Crippen LogP contribution in [0.1, 0.15) is 22.8 Å². The first kappa shape index (κ1) is 27.8. The Morgan fingerprint density at radius 1 is 0.886 bits per heavy atom. The number of hydrogen-bond donors (Lipinski definition) is 5. The van der Waals surface area contributed by atoms with Crippen LogP contribution >= 0.6 is 12.4 Å². The van der Waals surface area contributed by atoms with E-state index in [0.717, 1.165) is 16.3 Å². The van der Waals surface area contributed by atoms with E-state index in [9.17, 15) is 19.5 Å². The summed E-state index contributed by atoms with van der Waals surface area (Å²) in [6.07, 6.45) is -0.648. The number of halogens is 1. The fourth-order valence-electron chi connectivity index (χ4n) is 3.47. The lowest BCUT2D eigenvalue weighted by Crippen LogP contribution is -2.54. The molecule has 9 heteroatoms. The van der Waals surface area contributed by atoms with E-state index in [1.165, 1.54) is 0 Å². The number of amides is 3. The van der Waals surface area contributed by atoms with Crippen LogP contribution in [0.5, 0.6) is 0 Å². The van der Waals surface area contributed by atoms with E-state index in [0.29, 0.717) is 5.56 Å². The molecule has 0 aromatic heterocycles. The molecule has 186 valence electrons. The van der Waals surface area contributed by atoms with E-state index < -0.39 is 30.0 Å². The van der Waals surface area contributed by atoms with Crippen LogP contribution in [0.15, 0.2) is 72.8 Å². The highest BCUT2D eigenvalue weighted by atomic mass is 35.5. The van der Waals surface area contributed by atoms with Crippen molar-refractivity contribution in [2.45, 2.75) is 31.5 Å². The Bertz CT molecular complexity index is 1140. The van der Waals surface area contributed by atoms with Gasteiger partial charge in [-0.25, -0.2) is 0 Å². The molecule has 35 heavy (non-hydrogen) atoms. The van der Waals surface area contributed by atoms with Crippen LogP contribution in [0, 0.1) is 0 Å². The van der Waals surface area contributed by atoms with E-state index in [1.807, 2.05) is 42.5 Å². The average molecular weight is 499 g/mol. The number of rotatable bonds is 10. The molecule has 3 rings (SSSR count). The zero-order valence-electron chi connectivity index (χ0n) is 19.4. The lowest BCUT2D eigenvalue weighted by Gasteiger charge is -2.22. The number of carbonyl (C=O) groups is 3. The first-order valence-corrected chi connectivity index (χ1v) is 11.2. The van der Waals surface area contributed by atoms with Crippen LogP contribution in [0.3, 0.4) is 0 Å². The standard InChI is InChI=1S/C26H30N4O4.ClH/c1-17(29-25(33)20-8-3-2-4-9-20)24(32)30-23(26(34)28-16-22(31)15-27)14-18-11-12-19-7-5-6-10-21(19)13-18;/h2-13,17,22-23,31H,14-16,27H2,1H3,(H,28,34)(H,29,33)(H,30,32);1H/t17-,22?,23-;/m1./s1. The minimum absolute atomic E-state index is 0. The van der Waals surface area contributed by atoms with E-state index in [4.69, 9.17) is 5.73 Å². The summed E-state index contributed by atoms with van der Waals surface area (Å²) in [5.74, 6) is -1.33. The number of aliphatic hydroxyl groups excluding tert-OH is 1. The SMILES string of the molecule is C[C@@H](NC(=O)c1ccccc1)C(=O)N[C@H](Cc1ccc2ccccc2c1)C(=O)NCC(O)CN.Cl. The van der Waals surface area contributed by atoms with Gasteiger partial charge in [0.1, 0.15) is 12.1 Å². The molecule has 0 bridgehead atoms. The van der Waals surface area contributed by atoms with Crippen molar-refractivity contribution in [3.8, 4) is 0 Å². The van der Waals surface area contributed by atoms with Gasteiger partial charge in [-0.3, -0.25) is 14.4 Å². The van der Waals surface area contributed by atoms with Gasteiger partial charge in [-0.15, -0.1) is 12.4 Å². The second kappa shape index (κ2) is 13.4. The Hall–Kier alpha value is -3.46. The Labute approximate surface area is 210 Å². The molecular weight excluding hydrogens is 468 g/mol. The highest BCUT2D eigenvalue weighted by Crippen LogP contribution is 2.17. The third-order valence-corrected chi connectivity index (χ3v) is 5.45. The van der Waals surface area contributed by atoms with Crippen molar-refractivity contribution in [1.82, 2.24) is 16.0 Å². The molecule has 0 heterocycles. The number of nitrogens with two attached hydrogens (primary N) is 1. The number of hydrogen-bond acceptors (Lipinski definition) is 5. The molecule has 3 amide bonds. The summed E-state index contributed by atoms with van der Waals surface area (Å²) < 4.78 is 0. The predicted molar refractivity (Wildman–Crippen MR) is 138 cm³/mol. The maximum absolute atomic E-state index is 12.9. The molecule has 3 atom stereocenters. The molecular formula is C26H31ClN4O4. The average Bonchev–Trinajstić information content (AvgIpc) is 2.86. The molecule has 0 spiro atoms. The molecule has 0 aliphatic heterocycles. The largest absolute Gasteiger partial charge is 0.390 e. The minimum Gasteiger partial charge on any atom is -0.390 e. The van der Waals surface area contributed by atoms with Crippen molar-refractivity contribution in [3.05, 3.63) is 83.9 Å². The lowest BCUT2D eigenvalue weighted by molar-refractivity contribution is -0.129. The van der Waals surface area contributed by atoms with E-state index >= 15 is 0 Å². The van der Waals surface area contributed by atoms with E-state index in [2.05, 4.69) is 16.0 Å². The van der Waals surface area contributed by atoms with Crippen LogP contribution in [0.2, 0.25) is 0 Å². The molecule has 0 aliphatic rings. The number of fused-ring (bicyclic) bond motifs is 1. The Morgan fingerprint density at radius 3 is 2.23 bits per heavy atom. The molecule has 0 radical (unpaired) electrons. The molecule has 8 nitrogen and oxygen atoms in total.